The number of nitrogens with zero attached hydrogens (tertiary/aromatic N) is 3. The minimum Gasteiger partial charge on any atom is -0.468 e. The standard InChI is InChI=1S/C17H23N3O2/c1-13-5-6-14-10-20(11-16-4-3-9-22-16)8-7-15(12-21)19(2)17(14)18-13/h3-6,9,15,21H,7-8,10-12H2,1-2H3. The van der Waals surface area contributed by atoms with Gasteiger partial charge in [-0.2, -0.15) is 0 Å². The first-order valence-corrected chi connectivity index (χ1v) is 7.72. The normalized spacial score (nSPS) is 19.6. The average Bonchev–Trinajstić information content (AvgIpc) is 3.00. The number of fused-ring (bicyclic) bond motifs is 1. The molecule has 3 heterocycles. The monoisotopic (exact) mass is 301 g/mol. The topological polar surface area (TPSA) is 52.7 Å². The van der Waals surface area contributed by atoms with Gasteiger partial charge in [0.25, 0.3) is 0 Å². The van der Waals surface area contributed by atoms with E-state index in [0.29, 0.717) is 0 Å². The zero-order chi connectivity index (χ0) is 15.5. The number of hydrogen-bond acceptors (Lipinski definition) is 5. The summed E-state index contributed by atoms with van der Waals surface area (Å²) in [6.45, 7) is 4.68. The lowest BCUT2D eigenvalue weighted by atomic mass is 10.1. The van der Waals surface area contributed by atoms with Gasteiger partial charge in [0.1, 0.15) is 11.6 Å². The van der Waals surface area contributed by atoms with Crippen LogP contribution in [0.3, 0.4) is 0 Å². The first-order valence-electron chi connectivity index (χ1n) is 7.72. The van der Waals surface area contributed by atoms with Crippen LogP contribution in [0, 0.1) is 6.92 Å². The number of aliphatic hydroxyl groups excluding tert-OH is 1. The summed E-state index contributed by atoms with van der Waals surface area (Å²) in [5.74, 6) is 1.94. The van der Waals surface area contributed by atoms with E-state index in [1.807, 2.05) is 32.2 Å². The molecule has 0 fully saturated rings. The van der Waals surface area contributed by atoms with Crippen molar-refractivity contribution in [3.63, 3.8) is 0 Å². The molecule has 1 atom stereocenters. The summed E-state index contributed by atoms with van der Waals surface area (Å²) < 4.78 is 5.47. The molecule has 0 amide bonds. The highest BCUT2D eigenvalue weighted by Crippen LogP contribution is 2.25. The van der Waals surface area contributed by atoms with Crippen molar-refractivity contribution in [3.05, 3.63) is 47.5 Å². The summed E-state index contributed by atoms with van der Waals surface area (Å²) in [7, 11) is 2.02. The number of likely N-dealkylation sites (N-methyl/N-ethyl adjacent to an activating group) is 1. The van der Waals surface area contributed by atoms with E-state index >= 15 is 0 Å². The van der Waals surface area contributed by atoms with E-state index in [1.54, 1.807) is 6.26 Å². The smallest absolute Gasteiger partial charge is 0.133 e. The molecule has 0 bridgehead atoms. The lowest BCUT2D eigenvalue weighted by molar-refractivity contribution is 0.196. The fourth-order valence-electron chi connectivity index (χ4n) is 2.99. The molecule has 0 aromatic carbocycles. The van der Waals surface area contributed by atoms with Gasteiger partial charge in [-0.1, -0.05) is 6.07 Å². The summed E-state index contributed by atoms with van der Waals surface area (Å²) in [6, 6.07) is 8.20. The number of aromatic nitrogens is 1. The first kappa shape index (κ1) is 15.1. The number of aliphatic hydroxyl groups is 1. The average molecular weight is 301 g/mol. The lowest BCUT2D eigenvalue weighted by Crippen LogP contribution is -2.41. The van der Waals surface area contributed by atoms with Crippen LogP contribution in [0.15, 0.2) is 34.9 Å². The lowest BCUT2D eigenvalue weighted by Gasteiger charge is -2.35. The number of pyridine rings is 1. The maximum Gasteiger partial charge on any atom is 0.133 e. The first-order chi connectivity index (χ1) is 10.7. The van der Waals surface area contributed by atoms with Crippen molar-refractivity contribution in [3.8, 4) is 0 Å². The third-order valence-electron chi connectivity index (χ3n) is 4.32. The maximum absolute atomic E-state index is 9.71. The van der Waals surface area contributed by atoms with Gasteiger partial charge in [-0.25, -0.2) is 4.98 Å². The minimum absolute atomic E-state index is 0.0902. The zero-order valence-corrected chi connectivity index (χ0v) is 13.2. The Hall–Kier alpha value is -1.85. The van der Waals surface area contributed by atoms with Crippen LogP contribution in [0.1, 0.15) is 23.4 Å². The molecule has 3 rings (SSSR count). The van der Waals surface area contributed by atoms with Crippen LogP contribution >= 0.6 is 0 Å². The molecule has 2 aromatic rings. The SMILES string of the molecule is Cc1ccc2c(n1)N(C)C(CO)CCN(Cc1ccco1)C2. The number of anilines is 1. The Labute approximate surface area is 131 Å². The second kappa shape index (κ2) is 6.50. The predicted molar refractivity (Wildman–Crippen MR) is 85.7 cm³/mol. The van der Waals surface area contributed by atoms with E-state index in [2.05, 4.69) is 15.9 Å². The van der Waals surface area contributed by atoms with Crippen molar-refractivity contribution >= 4 is 5.82 Å². The van der Waals surface area contributed by atoms with Gasteiger partial charge in [-0.15, -0.1) is 0 Å². The van der Waals surface area contributed by atoms with E-state index in [4.69, 9.17) is 9.40 Å². The molecular weight excluding hydrogens is 278 g/mol. The zero-order valence-electron chi connectivity index (χ0n) is 13.2. The van der Waals surface area contributed by atoms with Gasteiger partial charge in [0.05, 0.1) is 25.5 Å². The van der Waals surface area contributed by atoms with Crippen LogP contribution < -0.4 is 4.90 Å². The van der Waals surface area contributed by atoms with Gasteiger partial charge in [-0.05, 0) is 31.5 Å². The third kappa shape index (κ3) is 3.15. The Morgan fingerprint density at radius 1 is 1.36 bits per heavy atom. The van der Waals surface area contributed by atoms with Gasteiger partial charge in [-0.3, -0.25) is 4.90 Å². The van der Waals surface area contributed by atoms with Crippen molar-refractivity contribution in [2.24, 2.45) is 0 Å². The molecule has 1 aliphatic heterocycles. The molecule has 22 heavy (non-hydrogen) atoms. The van der Waals surface area contributed by atoms with Gasteiger partial charge >= 0.3 is 0 Å². The second-order valence-electron chi connectivity index (χ2n) is 5.96. The summed E-state index contributed by atoms with van der Waals surface area (Å²) in [5, 5.41) is 9.71. The second-order valence-corrected chi connectivity index (χ2v) is 5.96. The molecule has 1 aliphatic rings. The van der Waals surface area contributed by atoms with Crippen LogP contribution in [-0.2, 0) is 13.1 Å². The van der Waals surface area contributed by atoms with Crippen molar-refractivity contribution < 1.29 is 9.52 Å². The Bertz CT molecular complexity index is 612. The van der Waals surface area contributed by atoms with Crippen LogP contribution in [0.25, 0.3) is 0 Å². The number of furan rings is 1. The quantitative estimate of drug-likeness (QED) is 0.942. The van der Waals surface area contributed by atoms with E-state index in [-0.39, 0.29) is 12.6 Å². The van der Waals surface area contributed by atoms with Crippen molar-refractivity contribution in [2.45, 2.75) is 32.5 Å². The molecule has 118 valence electrons. The Kier molecular flexibility index (Phi) is 4.45. The Morgan fingerprint density at radius 2 is 2.23 bits per heavy atom. The number of rotatable bonds is 3. The van der Waals surface area contributed by atoms with Crippen molar-refractivity contribution in [1.82, 2.24) is 9.88 Å². The predicted octanol–water partition coefficient (Wildman–Crippen LogP) is 2.19. The van der Waals surface area contributed by atoms with E-state index in [9.17, 15) is 5.11 Å². The van der Waals surface area contributed by atoms with E-state index in [1.165, 1.54) is 5.56 Å². The maximum atomic E-state index is 9.71. The molecule has 5 heteroatoms. The molecule has 0 saturated heterocycles. The molecule has 0 spiro atoms. The summed E-state index contributed by atoms with van der Waals surface area (Å²) in [6.07, 6.45) is 2.62. The Morgan fingerprint density at radius 3 is 2.95 bits per heavy atom. The Balaban J connectivity index is 1.89. The minimum atomic E-state index is 0.0902. The van der Waals surface area contributed by atoms with Crippen LogP contribution in [0.5, 0.6) is 0 Å². The van der Waals surface area contributed by atoms with Crippen LogP contribution in [0.4, 0.5) is 5.82 Å². The van der Waals surface area contributed by atoms with Crippen LogP contribution in [0.2, 0.25) is 0 Å². The van der Waals surface area contributed by atoms with Gasteiger partial charge in [0, 0.05) is 31.4 Å². The molecule has 5 nitrogen and oxygen atoms in total. The molecule has 2 aromatic heterocycles. The van der Waals surface area contributed by atoms with Crippen molar-refractivity contribution in [2.75, 3.05) is 25.1 Å². The van der Waals surface area contributed by atoms with Gasteiger partial charge in [0.15, 0.2) is 0 Å². The van der Waals surface area contributed by atoms with Gasteiger partial charge in [0.2, 0.25) is 0 Å². The molecule has 0 saturated carbocycles. The highest BCUT2D eigenvalue weighted by molar-refractivity contribution is 5.48. The highest BCUT2D eigenvalue weighted by atomic mass is 16.3. The molecule has 0 radical (unpaired) electrons. The molecular formula is C17H23N3O2. The summed E-state index contributed by atoms with van der Waals surface area (Å²) in [4.78, 5) is 9.16. The van der Waals surface area contributed by atoms with Gasteiger partial charge < -0.3 is 14.4 Å². The molecule has 1 N–H and O–H groups in total. The molecule has 1 unspecified atom stereocenters. The fourth-order valence-corrected chi connectivity index (χ4v) is 2.99. The van der Waals surface area contributed by atoms with Crippen molar-refractivity contribution in [1.29, 1.82) is 0 Å². The number of aryl methyl sites for hydroxylation is 1. The van der Waals surface area contributed by atoms with Crippen LogP contribution in [-0.4, -0.2) is 41.2 Å². The third-order valence-corrected chi connectivity index (χ3v) is 4.32. The fraction of sp³-hybridized carbons (Fsp3) is 0.471. The summed E-state index contributed by atoms with van der Waals surface area (Å²) in [5.41, 5.74) is 2.19. The van der Waals surface area contributed by atoms with E-state index in [0.717, 1.165) is 43.3 Å². The number of hydrogen-bond donors (Lipinski definition) is 1. The molecule has 0 aliphatic carbocycles. The highest BCUT2D eigenvalue weighted by Gasteiger charge is 2.24. The van der Waals surface area contributed by atoms with E-state index < -0.39 is 0 Å². The summed E-state index contributed by atoms with van der Waals surface area (Å²) >= 11 is 0. The largest absolute Gasteiger partial charge is 0.468 e.